The summed E-state index contributed by atoms with van der Waals surface area (Å²) in [5, 5.41) is 2.57. The molecular formula is C11H16ClFN2O2. The number of nitrogens with one attached hydrogen (secondary N) is 1. The van der Waals surface area contributed by atoms with Crippen molar-refractivity contribution in [1.82, 2.24) is 0 Å². The van der Waals surface area contributed by atoms with E-state index in [1.54, 1.807) is 13.0 Å². The van der Waals surface area contributed by atoms with Gasteiger partial charge in [0.15, 0.2) is 0 Å². The Hall–Kier alpha value is -1.17. The summed E-state index contributed by atoms with van der Waals surface area (Å²) in [6.07, 6.45) is -0.720. The van der Waals surface area contributed by atoms with Crippen LogP contribution in [0.5, 0.6) is 0 Å². The molecule has 0 spiro atoms. The van der Waals surface area contributed by atoms with Crippen molar-refractivity contribution in [2.75, 3.05) is 19.0 Å². The minimum atomic E-state index is -0.720. The number of amides is 1. The van der Waals surface area contributed by atoms with E-state index in [1.807, 2.05) is 0 Å². The topological polar surface area (TPSA) is 64.3 Å². The summed E-state index contributed by atoms with van der Waals surface area (Å²) in [7, 11) is 1.40. The summed E-state index contributed by atoms with van der Waals surface area (Å²) in [6, 6.07) is 4.19. The first-order chi connectivity index (χ1) is 7.58. The molecule has 0 saturated carbocycles. The van der Waals surface area contributed by atoms with Crippen molar-refractivity contribution in [3.8, 4) is 0 Å². The zero-order valence-electron chi connectivity index (χ0n) is 9.70. The van der Waals surface area contributed by atoms with Gasteiger partial charge in [-0.05, 0) is 24.6 Å². The molecule has 0 radical (unpaired) electrons. The molecule has 0 aliphatic carbocycles. The summed E-state index contributed by atoms with van der Waals surface area (Å²) in [4.78, 5) is 11.6. The number of hydrogen-bond donors (Lipinski definition) is 2. The van der Waals surface area contributed by atoms with E-state index in [0.29, 0.717) is 5.69 Å². The maximum atomic E-state index is 13.0. The van der Waals surface area contributed by atoms with Gasteiger partial charge < -0.3 is 15.8 Å². The van der Waals surface area contributed by atoms with E-state index in [-0.39, 0.29) is 24.9 Å². The number of halogens is 2. The molecule has 1 rings (SSSR count). The Balaban J connectivity index is 0.00000256. The molecule has 1 atom stereocenters. The average Bonchev–Trinajstić information content (AvgIpc) is 2.25. The van der Waals surface area contributed by atoms with Gasteiger partial charge in [0, 0.05) is 19.3 Å². The van der Waals surface area contributed by atoms with E-state index in [4.69, 9.17) is 10.5 Å². The van der Waals surface area contributed by atoms with Gasteiger partial charge in [0.25, 0.3) is 5.91 Å². The van der Waals surface area contributed by atoms with Crippen LogP contribution in [0.25, 0.3) is 0 Å². The second-order valence-corrected chi connectivity index (χ2v) is 3.41. The Morgan fingerprint density at radius 3 is 2.76 bits per heavy atom. The molecule has 1 aromatic rings. The van der Waals surface area contributed by atoms with Gasteiger partial charge in [-0.3, -0.25) is 4.79 Å². The Morgan fingerprint density at radius 1 is 1.59 bits per heavy atom. The van der Waals surface area contributed by atoms with Crippen LogP contribution in [0, 0.1) is 12.7 Å². The minimum absolute atomic E-state index is 0. The van der Waals surface area contributed by atoms with Gasteiger partial charge in [-0.2, -0.15) is 0 Å². The second kappa shape index (κ2) is 7.21. The molecule has 0 aliphatic heterocycles. The van der Waals surface area contributed by atoms with E-state index >= 15 is 0 Å². The molecule has 0 aliphatic rings. The molecule has 0 aromatic heterocycles. The molecule has 6 heteroatoms. The largest absolute Gasteiger partial charge is 0.370 e. The van der Waals surface area contributed by atoms with Gasteiger partial charge in [0.1, 0.15) is 11.9 Å². The normalized spacial score (nSPS) is 11.5. The molecule has 0 heterocycles. The van der Waals surface area contributed by atoms with Gasteiger partial charge >= 0.3 is 0 Å². The zero-order valence-corrected chi connectivity index (χ0v) is 10.5. The van der Waals surface area contributed by atoms with Crippen molar-refractivity contribution in [2.24, 2.45) is 5.73 Å². The zero-order chi connectivity index (χ0) is 12.1. The summed E-state index contributed by atoms with van der Waals surface area (Å²) in [5.41, 5.74) is 6.56. The second-order valence-electron chi connectivity index (χ2n) is 3.41. The highest BCUT2D eigenvalue weighted by Crippen LogP contribution is 2.16. The Kier molecular flexibility index (Phi) is 6.72. The SMILES string of the molecule is COC(CN)C(=O)Nc1cc(F)ccc1C.Cl. The fourth-order valence-electron chi connectivity index (χ4n) is 1.25. The van der Waals surface area contributed by atoms with Crippen molar-refractivity contribution in [3.63, 3.8) is 0 Å². The molecule has 4 nitrogen and oxygen atoms in total. The third-order valence-corrected chi connectivity index (χ3v) is 2.25. The number of methoxy groups -OCH3 is 1. The van der Waals surface area contributed by atoms with Gasteiger partial charge in [-0.25, -0.2) is 4.39 Å². The Morgan fingerprint density at radius 2 is 2.24 bits per heavy atom. The monoisotopic (exact) mass is 262 g/mol. The average molecular weight is 263 g/mol. The fraction of sp³-hybridized carbons (Fsp3) is 0.364. The number of rotatable bonds is 4. The van der Waals surface area contributed by atoms with Gasteiger partial charge in [-0.1, -0.05) is 6.07 Å². The van der Waals surface area contributed by atoms with Crippen LogP contribution in [0.4, 0.5) is 10.1 Å². The van der Waals surface area contributed by atoms with Crippen molar-refractivity contribution in [2.45, 2.75) is 13.0 Å². The molecule has 0 saturated heterocycles. The predicted octanol–water partition coefficient (Wildman–Crippen LogP) is 1.47. The van der Waals surface area contributed by atoms with Gasteiger partial charge in [0.05, 0.1) is 0 Å². The molecule has 1 aromatic carbocycles. The van der Waals surface area contributed by atoms with Gasteiger partial charge in [0.2, 0.25) is 0 Å². The van der Waals surface area contributed by atoms with Crippen molar-refractivity contribution >= 4 is 24.0 Å². The van der Waals surface area contributed by atoms with E-state index in [1.165, 1.54) is 19.2 Å². The first-order valence-corrected chi connectivity index (χ1v) is 4.88. The maximum absolute atomic E-state index is 13.0. The first-order valence-electron chi connectivity index (χ1n) is 4.88. The smallest absolute Gasteiger partial charge is 0.254 e. The number of hydrogen-bond acceptors (Lipinski definition) is 3. The number of anilines is 1. The van der Waals surface area contributed by atoms with Crippen LogP contribution in [0.1, 0.15) is 5.56 Å². The first kappa shape index (κ1) is 15.8. The molecular weight excluding hydrogens is 247 g/mol. The van der Waals surface area contributed by atoms with Crippen LogP contribution in [0.2, 0.25) is 0 Å². The lowest BCUT2D eigenvalue weighted by Crippen LogP contribution is -2.36. The molecule has 3 N–H and O–H groups in total. The third-order valence-electron chi connectivity index (χ3n) is 2.25. The maximum Gasteiger partial charge on any atom is 0.254 e. The van der Waals surface area contributed by atoms with E-state index in [2.05, 4.69) is 5.32 Å². The lowest BCUT2D eigenvalue weighted by molar-refractivity contribution is -0.125. The molecule has 1 amide bonds. The van der Waals surface area contributed by atoms with E-state index in [9.17, 15) is 9.18 Å². The highest BCUT2D eigenvalue weighted by Gasteiger charge is 2.16. The summed E-state index contributed by atoms with van der Waals surface area (Å²) in [6.45, 7) is 1.86. The van der Waals surface area contributed by atoms with Crippen LogP contribution in [-0.4, -0.2) is 25.7 Å². The van der Waals surface area contributed by atoms with Crippen LogP contribution in [-0.2, 0) is 9.53 Å². The standard InChI is InChI=1S/C11H15FN2O2.ClH/c1-7-3-4-8(12)5-9(7)14-11(15)10(6-13)16-2;/h3-5,10H,6,13H2,1-2H3,(H,14,15);1H. The number of nitrogens with two attached hydrogens (primary N) is 1. The summed E-state index contributed by atoms with van der Waals surface area (Å²) < 4.78 is 17.8. The number of carbonyl (C=O) groups is 1. The number of aryl methyl sites for hydroxylation is 1. The number of ether oxygens (including phenoxy) is 1. The molecule has 0 fully saturated rings. The van der Waals surface area contributed by atoms with Crippen molar-refractivity contribution in [1.29, 1.82) is 0 Å². The number of benzene rings is 1. The van der Waals surface area contributed by atoms with Crippen LogP contribution < -0.4 is 11.1 Å². The van der Waals surface area contributed by atoms with Crippen LogP contribution in [0.3, 0.4) is 0 Å². The molecule has 17 heavy (non-hydrogen) atoms. The lowest BCUT2D eigenvalue weighted by atomic mass is 10.2. The molecule has 1 unspecified atom stereocenters. The van der Waals surface area contributed by atoms with E-state index in [0.717, 1.165) is 5.56 Å². The summed E-state index contributed by atoms with van der Waals surface area (Å²) in [5.74, 6) is -0.777. The Bertz CT molecular complexity index is 384. The van der Waals surface area contributed by atoms with Crippen LogP contribution >= 0.6 is 12.4 Å². The molecule has 96 valence electrons. The minimum Gasteiger partial charge on any atom is -0.370 e. The van der Waals surface area contributed by atoms with Crippen molar-refractivity contribution < 1.29 is 13.9 Å². The lowest BCUT2D eigenvalue weighted by Gasteiger charge is -2.14. The quantitative estimate of drug-likeness (QED) is 0.864. The third kappa shape index (κ3) is 4.30. The molecule has 0 bridgehead atoms. The van der Waals surface area contributed by atoms with Gasteiger partial charge in [-0.15, -0.1) is 12.4 Å². The predicted molar refractivity (Wildman–Crippen MR) is 66.9 cm³/mol. The van der Waals surface area contributed by atoms with Crippen LogP contribution in [0.15, 0.2) is 18.2 Å². The van der Waals surface area contributed by atoms with E-state index < -0.39 is 11.9 Å². The highest BCUT2D eigenvalue weighted by atomic mass is 35.5. The highest BCUT2D eigenvalue weighted by molar-refractivity contribution is 5.94. The number of carbonyl (C=O) groups excluding carboxylic acids is 1. The summed E-state index contributed by atoms with van der Waals surface area (Å²) >= 11 is 0. The van der Waals surface area contributed by atoms with Crippen molar-refractivity contribution in [3.05, 3.63) is 29.6 Å². The Labute approximate surface area is 106 Å². The fourth-order valence-corrected chi connectivity index (χ4v) is 1.25.